The van der Waals surface area contributed by atoms with Crippen molar-refractivity contribution in [3.63, 3.8) is 0 Å². The van der Waals surface area contributed by atoms with Gasteiger partial charge in [0.1, 0.15) is 6.54 Å². The summed E-state index contributed by atoms with van der Waals surface area (Å²) in [6.07, 6.45) is 2.57. The lowest BCUT2D eigenvalue weighted by Crippen LogP contribution is -2.37. The van der Waals surface area contributed by atoms with Crippen LogP contribution in [0.1, 0.15) is 39.2 Å². The van der Waals surface area contributed by atoms with Crippen molar-refractivity contribution in [1.29, 1.82) is 0 Å². The maximum absolute atomic E-state index is 12.6. The van der Waals surface area contributed by atoms with Gasteiger partial charge in [0, 0.05) is 24.5 Å². The first-order valence-corrected chi connectivity index (χ1v) is 10.8. The minimum absolute atomic E-state index is 0.0687. The number of nitrogens with one attached hydrogen (secondary N) is 2. The predicted octanol–water partition coefficient (Wildman–Crippen LogP) is 4.93. The van der Waals surface area contributed by atoms with Crippen LogP contribution in [0.2, 0.25) is 0 Å². The smallest absolute Gasteiger partial charge is 0.322 e. The summed E-state index contributed by atoms with van der Waals surface area (Å²) in [6.45, 7) is 7.17. The van der Waals surface area contributed by atoms with Crippen molar-refractivity contribution >= 4 is 23.3 Å². The van der Waals surface area contributed by atoms with Crippen molar-refractivity contribution in [3.05, 3.63) is 48.0 Å². The van der Waals surface area contributed by atoms with Gasteiger partial charge < -0.3 is 25.0 Å². The van der Waals surface area contributed by atoms with E-state index in [2.05, 4.69) is 10.6 Å². The number of benzene rings is 2. The summed E-state index contributed by atoms with van der Waals surface area (Å²) in [5.41, 5.74) is 2.39. The Morgan fingerprint density at radius 2 is 1.58 bits per heavy atom. The van der Waals surface area contributed by atoms with Gasteiger partial charge in [-0.15, -0.1) is 0 Å². The third kappa shape index (κ3) is 7.51. The van der Waals surface area contributed by atoms with Crippen molar-refractivity contribution in [2.24, 2.45) is 0 Å². The van der Waals surface area contributed by atoms with Crippen LogP contribution in [0.15, 0.2) is 42.5 Å². The van der Waals surface area contributed by atoms with Crippen LogP contribution in [-0.2, 0) is 11.2 Å². The van der Waals surface area contributed by atoms with E-state index >= 15 is 0 Å². The number of carbonyl (C=O) groups is 2. The molecule has 2 aromatic carbocycles. The maximum Gasteiger partial charge on any atom is 0.322 e. The highest BCUT2D eigenvalue weighted by molar-refractivity contribution is 5.97. The Balaban J connectivity index is 1.98. The van der Waals surface area contributed by atoms with Gasteiger partial charge in [-0.1, -0.05) is 39.0 Å². The zero-order valence-electron chi connectivity index (χ0n) is 18.9. The monoisotopic (exact) mass is 427 g/mol. The number of anilines is 2. The highest BCUT2D eigenvalue weighted by Gasteiger charge is 2.15. The summed E-state index contributed by atoms with van der Waals surface area (Å²) in [6, 6.07) is 12.5. The Kier molecular flexibility index (Phi) is 9.68. The van der Waals surface area contributed by atoms with Crippen LogP contribution in [0.3, 0.4) is 0 Å². The van der Waals surface area contributed by atoms with Crippen LogP contribution in [0, 0.1) is 0 Å². The van der Waals surface area contributed by atoms with Crippen LogP contribution < -0.4 is 20.1 Å². The second-order valence-corrected chi connectivity index (χ2v) is 7.20. The zero-order chi connectivity index (χ0) is 22.6. The first-order valence-electron chi connectivity index (χ1n) is 10.8. The molecule has 0 saturated carbocycles. The SMILES string of the molecule is CCCOc1ccc(NC(=O)N(C)CC(=O)Nc2ccccc2CC)cc1OCCC. The number of nitrogens with zero attached hydrogens (tertiary/aromatic N) is 1. The highest BCUT2D eigenvalue weighted by atomic mass is 16.5. The number of likely N-dealkylation sites (N-methyl/N-ethyl adjacent to an activating group) is 1. The van der Waals surface area contributed by atoms with Crippen molar-refractivity contribution in [1.82, 2.24) is 4.90 Å². The summed E-state index contributed by atoms with van der Waals surface area (Å²) in [4.78, 5) is 26.3. The minimum atomic E-state index is -0.386. The Bertz CT molecular complexity index is 870. The molecule has 2 aromatic rings. The molecule has 0 heterocycles. The fraction of sp³-hybridized carbons (Fsp3) is 0.417. The van der Waals surface area contributed by atoms with Gasteiger partial charge in [0.25, 0.3) is 0 Å². The lowest BCUT2D eigenvalue weighted by molar-refractivity contribution is -0.116. The molecule has 0 aliphatic heterocycles. The Hall–Kier alpha value is -3.22. The van der Waals surface area contributed by atoms with E-state index in [1.54, 1.807) is 25.2 Å². The van der Waals surface area contributed by atoms with Gasteiger partial charge in [-0.3, -0.25) is 4.79 Å². The van der Waals surface area contributed by atoms with Gasteiger partial charge >= 0.3 is 6.03 Å². The number of urea groups is 1. The summed E-state index contributed by atoms with van der Waals surface area (Å²) in [5.74, 6) is 0.981. The molecule has 0 bridgehead atoms. The van der Waals surface area contributed by atoms with Gasteiger partial charge in [0.05, 0.1) is 13.2 Å². The molecule has 0 radical (unpaired) electrons. The lowest BCUT2D eigenvalue weighted by atomic mass is 10.1. The van der Waals surface area contributed by atoms with Crippen molar-refractivity contribution in [2.45, 2.75) is 40.0 Å². The van der Waals surface area contributed by atoms with E-state index in [1.807, 2.05) is 45.0 Å². The quantitative estimate of drug-likeness (QED) is 0.533. The molecule has 0 saturated heterocycles. The van der Waals surface area contributed by atoms with E-state index in [9.17, 15) is 9.59 Å². The number of hydrogen-bond acceptors (Lipinski definition) is 4. The van der Waals surface area contributed by atoms with Crippen molar-refractivity contribution in [2.75, 3.05) is 37.4 Å². The van der Waals surface area contributed by atoms with E-state index in [-0.39, 0.29) is 18.5 Å². The van der Waals surface area contributed by atoms with Gasteiger partial charge in [-0.25, -0.2) is 4.79 Å². The second kappa shape index (κ2) is 12.5. The number of hydrogen-bond donors (Lipinski definition) is 2. The third-order valence-electron chi connectivity index (χ3n) is 4.52. The minimum Gasteiger partial charge on any atom is -0.490 e. The summed E-state index contributed by atoms with van der Waals surface area (Å²) in [7, 11) is 1.58. The molecule has 0 unspecified atom stereocenters. The van der Waals surface area contributed by atoms with Crippen molar-refractivity contribution < 1.29 is 19.1 Å². The number of rotatable bonds is 11. The first kappa shape index (κ1) is 24.1. The second-order valence-electron chi connectivity index (χ2n) is 7.20. The molecule has 0 spiro atoms. The molecule has 31 heavy (non-hydrogen) atoms. The molecule has 168 valence electrons. The molecule has 0 aromatic heterocycles. The largest absolute Gasteiger partial charge is 0.490 e. The van der Waals surface area contributed by atoms with Gasteiger partial charge in [0.2, 0.25) is 5.91 Å². The Labute approximate surface area is 184 Å². The fourth-order valence-electron chi connectivity index (χ4n) is 2.89. The molecule has 0 atom stereocenters. The van der Waals surface area contributed by atoms with E-state index < -0.39 is 0 Å². The number of para-hydroxylation sites is 1. The number of amides is 3. The van der Waals surface area contributed by atoms with Crippen LogP contribution in [-0.4, -0.2) is 43.6 Å². The molecule has 2 rings (SSSR count). The summed E-state index contributed by atoms with van der Waals surface area (Å²) >= 11 is 0. The fourth-order valence-corrected chi connectivity index (χ4v) is 2.89. The van der Waals surface area contributed by atoms with E-state index in [0.717, 1.165) is 30.5 Å². The summed E-state index contributed by atoms with van der Waals surface area (Å²) < 4.78 is 11.5. The zero-order valence-corrected chi connectivity index (χ0v) is 18.9. The molecular formula is C24H33N3O4. The molecule has 7 nitrogen and oxygen atoms in total. The van der Waals surface area contributed by atoms with E-state index in [4.69, 9.17) is 9.47 Å². The van der Waals surface area contributed by atoms with Crippen molar-refractivity contribution in [3.8, 4) is 11.5 Å². The Morgan fingerprint density at radius 1 is 0.903 bits per heavy atom. The first-order chi connectivity index (χ1) is 15.0. The van der Waals surface area contributed by atoms with Crippen LogP contribution in [0.25, 0.3) is 0 Å². The molecule has 3 amide bonds. The topological polar surface area (TPSA) is 79.9 Å². The molecule has 0 aliphatic carbocycles. The van der Waals surface area contributed by atoms with Gasteiger partial charge in [-0.2, -0.15) is 0 Å². The molecule has 0 aliphatic rings. The van der Waals surface area contributed by atoms with E-state index in [0.29, 0.717) is 30.4 Å². The highest BCUT2D eigenvalue weighted by Crippen LogP contribution is 2.31. The third-order valence-corrected chi connectivity index (χ3v) is 4.52. The van der Waals surface area contributed by atoms with Gasteiger partial charge in [-0.05, 0) is 43.0 Å². The van der Waals surface area contributed by atoms with E-state index in [1.165, 1.54) is 4.90 Å². The molecule has 7 heteroatoms. The number of aryl methyl sites for hydroxylation is 1. The average Bonchev–Trinajstić information content (AvgIpc) is 2.77. The van der Waals surface area contributed by atoms with Crippen LogP contribution in [0.5, 0.6) is 11.5 Å². The van der Waals surface area contributed by atoms with Gasteiger partial charge in [0.15, 0.2) is 11.5 Å². The van der Waals surface area contributed by atoms with Crippen LogP contribution in [0.4, 0.5) is 16.2 Å². The predicted molar refractivity (Wildman–Crippen MR) is 124 cm³/mol. The standard InChI is InChI=1S/C24H33N3O4/c1-5-14-30-21-13-12-19(16-22(21)31-15-6-2)25-24(29)27(4)17-23(28)26-20-11-9-8-10-18(20)7-3/h8-13,16H,5-7,14-15,17H2,1-4H3,(H,25,29)(H,26,28). The number of ether oxygens (including phenoxy) is 2. The maximum atomic E-state index is 12.6. The Morgan fingerprint density at radius 3 is 2.26 bits per heavy atom. The summed E-state index contributed by atoms with van der Waals surface area (Å²) in [5, 5.41) is 5.68. The lowest BCUT2D eigenvalue weighted by Gasteiger charge is -2.19. The molecule has 0 fully saturated rings. The molecule has 2 N–H and O–H groups in total. The van der Waals surface area contributed by atoms with Crippen LogP contribution >= 0.6 is 0 Å². The normalized spacial score (nSPS) is 10.3. The average molecular weight is 428 g/mol. The molecular weight excluding hydrogens is 394 g/mol. The number of carbonyl (C=O) groups excluding carboxylic acids is 2.